The molecule has 1 rings (SSSR count). The molecule has 0 fully saturated rings. The van der Waals surface area contributed by atoms with Crippen LogP contribution < -0.4 is 10.5 Å². The number of sulfonamides is 1. The first-order chi connectivity index (χ1) is 8.34. The summed E-state index contributed by atoms with van der Waals surface area (Å²) in [5.74, 6) is -0.598. The molecule has 1 aromatic heterocycles. The monoisotopic (exact) mass is 276 g/mol. The Balaban J connectivity index is 2.54. The van der Waals surface area contributed by atoms with E-state index in [1.165, 1.54) is 0 Å². The van der Waals surface area contributed by atoms with Gasteiger partial charge >= 0.3 is 0 Å². The zero-order valence-electron chi connectivity index (χ0n) is 10.2. The summed E-state index contributed by atoms with van der Waals surface area (Å²) in [6, 6.07) is 0. The largest absolute Gasteiger partial charge is 0.370 e. The molecule has 18 heavy (non-hydrogen) atoms. The van der Waals surface area contributed by atoms with Crippen LogP contribution in [0.3, 0.4) is 0 Å². The molecule has 0 saturated carbocycles. The average molecular weight is 276 g/mol. The second-order valence-electron chi connectivity index (χ2n) is 3.68. The third-order valence-corrected chi connectivity index (χ3v) is 3.84. The lowest BCUT2D eigenvalue weighted by Gasteiger charge is -2.06. The van der Waals surface area contributed by atoms with Gasteiger partial charge in [-0.1, -0.05) is 0 Å². The highest BCUT2D eigenvalue weighted by Gasteiger charge is 2.21. The number of primary amides is 1. The van der Waals surface area contributed by atoms with Crippen LogP contribution in [-0.2, 0) is 19.6 Å². The Bertz CT molecular complexity index is 503. The highest BCUT2D eigenvalue weighted by atomic mass is 32.2. The van der Waals surface area contributed by atoms with E-state index < -0.39 is 15.9 Å². The maximum absolute atomic E-state index is 11.9. The second kappa shape index (κ2) is 5.94. The zero-order valence-corrected chi connectivity index (χ0v) is 11.0. The summed E-state index contributed by atoms with van der Waals surface area (Å²) < 4.78 is 31.0. The first-order valence-electron chi connectivity index (χ1n) is 5.22. The van der Waals surface area contributed by atoms with Crippen molar-refractivity contribution in [2.24, 2.45) is 5.73 Å². The Morgan fingerprint density at radius 2 is 2.17 bits per heavy atom. The molecule has 0 aliphatic heterocycles. The maximum Gasteiger partial charge on any atom is 0.244 e. The van der Waals surface area contributed by atoms with Crippen LogP contribution in [0.4, 0.5) is 0 Å². The molecule has 0 unspecified atom stereocenters. The summed E-state index contributed by atoms with van der Waals surface area (Å²) in [6.45, 7) is 3.11. The Morgan fingerprint density at radius 1 is 1.50 bits per heavy atom. The van der Waals surface area contributed by atoms with Gasteiger partial charge in [0.15, 0.2) is 0 Å². The number of amides is 1. The topological polar surface area (TPSA) is 127 Å². The lowest BCUT2D eigenvalue weighted by molar-refractivity contribution is -0.122. The van der Waals surface area contributed by atoms with Gasteiger partial charge in [-0.15, -0.1) is 0 Å². The molecule has 0 atom stereocenters. The van der Waals surface area contributed by atoms with Gasteiger partial charge in [0, 0.05) is 6.54 Å². The van der Waals surface area contributed by atoms with Crippen molar-refractivity contribution >= 4 is 15.9 Å². The fraction of sp³-hybridized carbons (Fsp3) is 0.556. The van der Waals surface area contributed by atoms with Crippen molar-refractivity contribution in [3.8, 4) is 0 Å². The molecule has 0 spiro atoms. The van der Waals surface area contributed by atoms with Gasteiger partial charge in [-0.05, 0) is 13.8 Å². The van der Waals surface area contributed by atoms with Crippen molar-refractivity contribution in [1.82, 2.24) is 14.9 Å². The van der Waals surface area contributed by atoms with E-state index in [1.54, 1.807) is 13.8 Å². The zero-order chi connectivity index (χ0) is 13.8. The number of aromatic nitrogens is 2. The quantitative estimate of drug-likeness (QED) is 0.539. The second-order valence-corrected chi connectivity index (χ2v) is 5.38. The van der Waals surface area contributed by atoms with Crippen molar-refractivity contribution in [3.63, 3.8) is 0 Å². The van der Waals surface area contributed by atoms with Crippen LogP contribution in [0.1, 0.15) is 11.4 Å². The van der Waals surface area contributed by atoms with Gasteiger partial charge in [-0.3, -0.25) is 9.89 Å². The van der Waals surface area contributed by atoms with Gasteiger partial charge in [0.25, 0.3) is 0 Å². The van der Waals surface area contributed by atoms with Crippen molar-refractivity contribution in [2.45, 2.75) is 18.7 Å². The molecule has 102 valence electrons. The highest BCUT2D eigenvalue weighted by Crippen LogP contribution is 2.15. The van der Waals surface area contributed by atoms with Crippen LogP contribution in [0.25, 0.3) is 0 Å². The molecule has 1 amide bonds. The lowest BCUT2D eigenvalue weighted by atomic mass is 10.4. The van der Waals surface area contributed by atoms with Crippen molar-refractivity contribution in [2.75, 3.05) is 19.8 Å². The summed E-state index contributed by atoms with van der Waals surface area (Å²) in [4.78, 5) is 10.5. The normalized spacial score (nSPS) is 11.7. The number of nitrogens with two attached hydrogens (primary N) is 1. The van der Waals surface area contributed by atoms with Crippen LogP contribution in [0.5, 0.6) is 0 Å². The predicted molar refractivity (Wildman–Crippen MR) is 63.3 cm³/mol. The number of carbonyl (C=O) groups excluding carboxylic acids is 1. The molecule has 1 heterocycles. The van der Waals surface area contributed by atoms with Crippen LogP contribution in [0, 0.1) is 13.8 Å². The fourth-order valence-electron chi connectivity index (χ4n) is 1.43. The standard InChI is InChI=1S/C9H16N4O4S/c1-6-9(7(2)13-12-6)18(15,16)11-3-4-17-5-8(10)14/h11H,3-5H2,1-2H3,(H2,10,14)(H,12,13). The Labute approximate surface area is 105 Å². The van der Waals surface area contributed by atoms with E-state index in [1.807, 2.05) is 0 Å². The van der Waals surface area contributed by atoms with Gasteiger partial charge < -0.3 is 10.5 Å². The number of ether oxygens (including phenoxy) is 1. The molecule has 0 aromatic carbocycles. The average Bonchev–Trinajstić information content (AvgIpc) is 2.57. The van der Waals surface area contributed by atoms with Crippen LogP contribution in [-0.4, -0.2) is 44.3 Å². The molecule has 9 heteroatoms. The van der Waals surface area contributed by atoms with E-state index in [-0.39, 0.29) is 24.7 Å². The highest BCUT2D eigenvalue weighted by molar-refractivity contribution is 7.89. The Hall–Kier alpha value is -1.45. The summed E-state index contributed by atoms with van der Waals surface area (Å²) in [6.07, 6.45) is 0. The number of hydrogen-bond donors (Lipinski definition) is 3. The van der Waals surface area contributed by atoms with Crippen LogP contribution >= 0.6 is 0 Å². The van der Waals surface area contributed by atoms with E-state index in [4.69, 9.17) is 10.5 Å². The van der Waals surface area contributed by atoms with Gasteiger partial charge in [0.2, 0.25) is 15.9 Å². The first-order valence-corrected chi connectivity index (χ1v) is 6.70. The SMILES string of the molecule is Cc1n[nH]c(C)c1S(=O)(=O)NCCOCC(N)=O. The number of nitrogens with zero attached hydrogens (tertiary/aromatic N) is 1. The summed E-state index contributed by atoms with van der Waals surface area (Å²) in [7, 11) is -3.62. The molecule has 1 aromatic rings. The number of carbonyl (C=O) groups is 1. The van der Waals surface area contributed by atoms with E-state index in [0.29, 0.717) is 11.4 Å². The Kier molecular flexibility index (Phi) is 4.82. The van der Waals surface area contributed by atoms with E-state index in [9.17, 15) is 13.2 Å². The number of rotatable bonds is 7. The molecule has 4 N–H and O–H groups in total. The minimum absolute atomic E-state index is 0.0552. The molecular weight excluding hydrogens is 260 g/mol. The van der Waals surface area contributed by atoms with Gasteiger partial charge in [-0.2, -0.15) is 5.10 Å². The third kappa shape index (κ3) is 3.79. The lowest BCUT2D eigenvalue weighted by Crippen LogP contribution is -2.29. The van der Waals surface area contributed by atoms with E-state index in [0.717, 1.165) is 0 Å². The number of H-pyrrole nitrogens is 1. The van der Waals surface area contributed by atoms with E-state index >= 15 is 0 Å². The van der Waals surface area contributed by atoms with Gasteiger partial charge in [0.1, 0.15) is 11.5 Å². The molecule has 0 saturated heterocycles. The minimum Gasteiger partial charge on any atom is -0.370 e. The molecule has 0 radical (unpaired) electrons. The maximum atomic E-state index is 11.9. The van der Waals surface area contributed by atoms with Crippen molar-refractivity contribution < 1.29 is 17.9 Å². The minimum atomic E-state index is -3.62. The van der Waals surface area contributed by atoms with Gasteiger partial charge in [-0.25, -0.2) is 13.1 Å². The van der Waals surface area contributed by atoms with Crippen LogP contribution in [0.2, 0.25) is 0 Å². The summed E-state index contributed by atoms with van der Waals surface area (Å²) in [5, 5.41) is 6.41. The fourth-order valence-corrected chi connectivity index (χ4v) is 2.81. The first kappa shape index (κ1) is 14.6. The number of aromatic amines is 1. The number of nitrogens with one attached hydrogen (secondary N) is 2. The number of hydrogen-bond acceptors (Lipinski definition) is 5. The molecule has 0 aliphatic carbocycles. The number of aryl methyl sites for hydroxylation is 2. The summed E-state index contributed by atoms with van der Waals surface area (Å²) in [5.41, 5.74) is 5.73. The third-order valence-electron chi connectivity index (χ3n) is 2.11. The van der Waals surface area contributed by atoms with E-state index in [2.05, 4.69) is 14.9 Å². The molecule has 8 nitrogen and oxygen atoms in total. The molecular formula is C9H16N4O4S. The Morgan fingerprint density at radius 3 is 2.67 bits per heavy atom. The molecule has 0 aliphatic rings. The smallest absolute Gasteiger partial charge is 0.244 e. The predicted octanol–water partition coefficient (Wildman–Crippen LogP) is -1.19. The summed E-state index contributed by atoms with van der Waals surface area (Å²) >= 11 is 0. The van der Waals surface area contributed by atoms with Crippen molar-refractivity contribution in [1.29, 1.82) is 0 Å². The molecule has 0 bridgehead atoms. The van der Waals surface area contributed by atoms with Crippen molar-refractivity contribution in [3.05, 3.63) is 11.4 Å². The van der Waals surface area contributed by atoms with Crippen LogP contribution in [0.15, 0.2) is 4.90 Å². The van der Waals surface area contributed by atoms with Gasteiger partial charge in [0.05, 0.1) is 18.0 Å².